The Kier molecular flexibility index (Phi) is 20.7. The molecule has 0 aliphatic carbocycles. The van der Waals surface area contributed by atoms with Crippen LogP contribution in [0.3, 0.4) is 0 Å². The first-order valence-corrected chi connectivity index (χ1v) is 16.4. The van der Waals surface area contributed by atoms with Crippen LogP contribution in [0.4, 0.5) is 0 Å². The molecule has 1 unspecified atom stereocenters. The van der Waals surface area contributed by atoms with E-state index in [1.165, 1.54) is 109 Å². The van der Waals surface area contributed by atoms with Crippen molar-refractivity contribution >= 4 is 7.60 Å². The zero-order chi connectivity index (χ0) is 26.5. The molecule has 0 fully saturated rings. The number of unbranched alkanes of at least 4 members (excludes halogenated alkanes) is 18. The Morgan fingerprint density at radius 1 is 0.629 bits per heavy atom. The first-order chi connectivity index (χ1) is 16.5. The largest absolute Gasteiger partial charge is 0.373 e. The van der Waals surface area contributed by atoms with Crippen molar-refractivity contribution in [2.75, 3.05) is 27.7 Å². The van der Waals surface area contributed by atoms with Crippen LogP contribution in [0.2, 0.25) is 0 Å². The Bertz CT molecular complexity index is 555. The van der Waals surface area contributed by atoms with Crippen molar-refractivity contribution in [1.29, 1.82) is 0 Å². The minimum atomic E-state index is -4.54. The molecule has 0 aromatic carbocycles. The molecular formula is C29H61NO4P+. The van der Waals surface area contributed by atoms with E-state index >= 15 is 0 Å². The Balaban J connectivity index is 3.48. The van der Waals surface area contributed by atoms with Gasteiger partial charge in [-0.3, -0.25) is 4.57 Å². The van der Waals surface area contributed by atoms with E-state index in [9.17, 15) is 19.5 Å². The molecule has 0 radical (unpaired) electrons. The van der Waals surface area contributed by atoms with Crippen LogP contribution >= 0.6 is 7.60 Å². The van der Waals surface area contributed by atoms with E-state index in [1.807, 2.05) is 21.1 Å². The van der Waals surface area contributed by atoms with Crippen LogP contribution < -0.4 is 0 Å². The topological polar surface area (TPSA) is 77.8 Å². The van der Waals surface area contributed by atoms with Crippen molar-refractivity contribution in [2.24, 2.45) is 0 Å². The summed E-state index contributed by atoms with van der Waals surface area (Å²) in [5, 5.41) is 8.66. The molecule has 0 bridgehead atoms. The molecule has 35 heavy (non-hydrogen) atoms. The number of aliphatic hydroxyl groups is 1. The zero-order valence-electron chi connectivity index (χ0n) is 23.9. The summed E-state index contributed by atoms with van der Waals surface area (Å²) in [5.74, 6) is 0. The van der Waals surface area contributed by atoms with Gasteiger partial charge >= 0.3 is 7.60 Å². The number of nitrogens with zero attached hydrogens (tertiary/aromatic N) is 1. The Hall–Kier alpha value is -0.190. The second kappa shape index (κ2) is 20.8. The van der Waals surface area contributed by atoms with Gasteiger partial charge in [-0.1, -0.05) is 115 Å². The minimum absolute atomic E-state index is 0.0636. The van der Waals surface area contributed by atoms with E-state index in [4.69, 9.17) is 0 Å². The Morgan fingerprint density at radius 3 is 1.31 bits per heavy atom. The Morgan fingerprint density at radius 2 is 0.971 bits per heavy atom. The molecule has 210 valence electrons. The normalized spacial score (nSPS) is 14.6. The minimum Gasteiger partial charge on any atom is -0.373 e. The van der Waals surface area contributed by atoms with Crippen molar-refractivity contribution in [3.05, 3.63) is 12.2 Å². The van der Waals surface area contributed by atoms with Gasteiger partial charge in [0.25, 0.3) is 0 Å². The van der Waals surface area contributed by atoms with Crippen molar-refractivity contribution in [3.8, 4) is 0 Å². The third kappa shape index (κ3) is 21.6. The first-order valence-electron chi connectivity index (χ1n) is 14.8. The number of hydrogen-bond donors (Lipinski definition) is 3. The standard InChI is InChI=1S/C29H60NO4P/c1-5-6-7-8-9-10-11-12-13-14-15-16-17-18-19-20-21-22-23-24-25-26-27-29(31,35(32,33)34)28-30(2,3)4/h9-10,31H,5-8,11-28H2,1-4H3,(H-,32,33,34)/p+1/b10-9-. The molecule has 0 aliphatic heterocycles. The summed E-state index contributed by atoms with van der Waals surface area (Å²) < 4.78 is 12.1. The summed E-state index contributed by atoms with van der Waals surface area (Å²) in [5.41, 5.74) is 0. The van der Waals surface area contributed by atoms with Crippen molar-refractivity contribution in [3.63, 3.8) is 0 Å². The molecule has 0 amide bonds. The lowest BCUT2D eigenvalue weighted by Crippen LogP contribution is -2.49. The van der Waals surface area contributed by atoms with Crippen molar-refractivity contribution in [1.82, 2.24) is 0 Å². The summed E-state index contributed by atoms with van der Waals surface area (Å²) in [6.45, 7) is 2.32. The number of hydrogen-bond acceptors (Lipinski definition) is 2. The van der Waals surface area contributed by atoms with Gasteiger partial charge in [0.05, 0.1) is 21.1 Å². The summed E-state index contributed by atoms with van der Waals surface area (Å²) in [6, 6.07) is 0. The van der Waals surface area contributed by atoms with Crippen LogP contribution in [0.15, 0.2) is 12.2 Å². The van der Waals surface area contributed by atoms with Gasteiger partial charge in [-0.2, -0.15) is 0 Å². The molecule has 6 heteroatoms. The zero-order valence-corrected chi connectivity index (χ0v) is 24.7. The summed E-state index contributed by atoms with van der Waals surface area (Å²) >= 11 is 0. The van der Waals surface area contributed by atoms with Crippen LogP contribution in [0.5, 0.6) is 0 Å². The van der Waals surface area contributed by atoms with E-state index in [0.717, 1.165) is 12.8 Å². The molecule has 5 nitrogen and oxygen atoms in total. The highest BCUT2D eigenvalue weighted by Crippen LogP contribution is 2.52. The van der Waals surface area contributed by atoms with Crippen molar-refractivity contribution in [2.45, 2.75) is 147 Å². The monoisotopic (exact) mass is 518 g/mol. The fraction of sp³-hybridized carbons (Fsp3) is 0.931. The molecule has 0 saturated heterocycles. The van der Waals surface area contributed by atoms with Crippen LogP contribution in [0, 0.1) is 0 Å². The second-order valence-corrected chi connectivity index (χ2v) is 13.7. The van der Waals surface area contributed by atoms with E-state index in [1.54, 1.807) is 0 Å². The third-order valence-corrected chi connectivity index (χ3v) is 8.31. The van der Waals surface area contributed by atoms with Gasteiger partial charge in [0.2, 0.25) is 5.34 Å². The fourth-order valence-electron chi connectivity index (χ4n) is 4.79. The van der Waals surface area contributed by atoms with E-state index in [2.05, 4.69) is 19.1 Å². The highest BCUT2D eigenvalue weighted by molar-refractivity contribution is 7.53. The van der Waals surface area contributed by atoms with Gasteiger partial charge in [-0.25, -0.2) is 0 Å². The molecule has 0 rings (SSSR count). The highest BCUT2D eigenvalue weighted by atomic mass is 31.2. The van der Waals surface area contributed by atoms with Crippen LogP contribution in [-0.4, -0.2) is 52.4 Å². The summed E-state index contributed by atoms with van der Waals surface area (Å²) in [7, 11) is 0.990. The van der Waals surface area contributed by atoms with Crippen molar-refractivity contribution < 1.29 is 23.9 Å². The van der Waals surface area contributed by atoms with Gasteiger partial charge in [-0.05, 0) is 38.5 Å². The molecule has 0 spiro atoms. The number of quaternary nitrogens is 1. The number of likely N-dealkylation sites (N-methyl/N-ethyl adjacent to an activating group) is 1. The third-order valence-electron chi connectivity index (χ3n) is 6.86. The smallest absolute Gasteiger partial charge is 0.362 e. The average molecular weight is 519 g/mol. The lowest BCUT2D eigenvalue weighted by molar-refractivity contribution is -0.875. The molecule has 3 N–H and O–H groups in total. The first kappa shape index (κ1) is 34.8. The maximum Gasteiger partial charge on any atom is 0.362 e. The lowest BCUT2D eigenvalue weighted by atomic mass is 10.0. The maximum atomic E-state index is 11.8. The molecule has 0 aliphatic rings. The number of allylic oxidation sites excluding steroid dienone is 2. The highest BCUT2D eigenvalue weighted by Gasteiger charge is 2.48. The van der Waals surface area contributed by atoms with Crippen LogP contribution in [-0.2, 0) is 4.57 Å². The molecule has 0 aromatic heterocycles. The maximum absolute atomic E-state index is 11.8. The van der Waals surface area contributed by atoms with E-state index < -0.39 is 12.9 Å². The van der Waals surface area contributed by atoms with Crippen LogP contribution in [0.25, 0.3) is 0 Å². The van der Waals surface area contributed by atoms with E-state index in [-0.39, 0.29) is 13.0 Å². The molecular weight excluding hydrogens is 457 g/mol. The summed E-state index contributed by atoms with van der Waals surface area (Å²) in [4.78, 5) is 19.2. The molecule has 1 atom stereocenters. The molecule has 0 heterocycles. The average Bonchev–Trinajstić information content (AvgIpc) is 2.75. The SMILES string of the molecule is CCCCC/C=C\CCCCCCCCCCCCCCCCCC(O)(C[N+](C)(C)C)P(=O)(O)O. The van der Waals surface area contributed by atoms with Crippen LogP contribution in [0.1, 0.15) is 142 Å². The fourth-order valence-corrected chi connectivity index (χ4v) is 5.85. The van der Waals surface area contributed by atoms with Gasteiger partial charge in [0.15, 0.2) is 0 Å². The summed E-state index contributed by atoms with van der Waals surface area (Å²) in [6.07, 6.45) is 30.2. The Labute approximate surface area is 218 Å². The van der Waals surface area contributed by atoms with Gasteiger partial charge in [-0.15, -0.1) is 0 Å². The molecule has 0 aromatic rings. The lowest BCUT2D eigenvalue weighted by Gasteiger charge is -2.35. The predicted molar refractivity (Wildman–Crippen MR) is 152 cm³/mol. The van der Waals surface area contributed by atoms with Gasteiger partial charge in [0, 0.05) is 0 Å². The number of rotatable bonds is 25. The van der Waals surface area contributed by atoms with E-state index in [0.29, 0.717) is 10.9 Å². The molecule has 0 saturated carbocycles. The quantitative estimate of drug-likeness (QED) is 0.0491. The van der Waals surface area contributed by atoms with Gasteiger partial charge in [0.1, 0.15) is 6.54 Å². The van der Waals surface area contributed by atoms with Gasteiger partial charge < -0.3 is 19.4 Å². The second-order valence-electron chi connectivity index (χ2n) is 11.8. The predicted octanol–water partition coefficient (Wildman–Crippen LogP) is 8.33.